The molecule has 2 aromatic rings. The Labute approximate surface area is 140 Å². The van der Waals surface area contributed by atoms with Crippen LogP contribution in [0.1, 0.15) is 29.7 Å². The third kappa shape index (κ3) is 4.60. The average Bonchev–Trinajstić information content (AvgIpc) is 2.45. The molecular weight excluding hydrogens is 342 g/mol. The van der Waals surface area contributed by atoms with Gasteiger partial charge in [0.05, 0.1) is 0 Å². The summed E-state index contributed by atoms with van der Waals surface area (Å²) in [6.07, 6.45) is 0. The minimum absolute atomic E-state index is 0.382. The van der Waals surface area contributed by atoms with Crippen molar-refractivity contribution < 1.29 is 0 Å². The summed E-state index contributed by atoms with van der Waals surface area (Å²) in [5, 5.41) is 3.61. The van der Waals surface area contributed by atoms with Crippen molar-refractivity contribution >= 4 is 27.7 Å². The zero-order valence-electron chi connectivity index (χ0n) is 12.8. The summed E-state index contributed by atoms with van der Waals surface area (Å²) in [7, 11) is 0. The van der Waals surface area contributed by atoms with Crippen molar-refractivity contribution in [1.29, 1.82) is 0 Å². The van der Waals surface area contributed by atoms with Gasteiger partial charge in [-0.15, -0.1) is 11.8 Å². The standard InChI is InChI=1S/C18H22BrNS/c1-4-20-17(15-10-9-13(2)11-14(15)3)12-21-18-8-6-5-7-16(18)19/h5-11,17,20H,4,12H2,1-3H3. The molecule has 112 valence electrons. The first-order chi connectivity index (χ1) is 10.1. The molecule has 0 spiro atoms. The summed E-state index contributed by atoms with van der Waals surface area (Å²) in [4.78, 5) is 1.30. The number of hydrogen-bond acceptors (Lipinski definition) is 2. The Bertz CT molecular complexity index is 598. The molecule has 0 radical (unpaired) electrons. The zero-order valence-corrected chi connectivity index (χ0v) is 15.2. The molecule has 3 heteroatoms. The van der Waals surface area contributed by atoms with Crippen molar-refractivity contribution in [3.63, 3.8) is 0 Å². The van der Waals surface area contributed by atoms with Crippen LogP contribution in [0.25, 0.3) is 0 Å². The summed E-state index contributed by atoms with van der Waals surface area (Å²) in [5.41, 5.74) is 4.10. The minimum atomic E-state index is 0.382. The van der Waals surface area contributed by atoms with Crippen molar-refractivity contribution in [2.24, 2.45) is 0 Å². The molecule has 2 rings (SSSR count). The highest BCUT2D eigenvalue weighted by Gasteiger charge is 2.14. The Morgan fingerprint density at radius 2 is 1.90 bits per heavy atom. The summed E-state index contributed by atoms with van der Waals surface area (Å²) in [6.45, 7) is 7.50. The van der Waals surface area contributed by atoms with Crippen LogP contribution in [0.3, 0.4) is 0 Å². The van der Waals surface area contributed by atoms with Gasteiger partial charge in [0, 0.05) is 21.2 Å². The Balaban J connectivity index is 2.14. The van der Waals surface area contributed by atoms with Crippen LogP contribution in [0, 0.1) is 13.8 Å². The average molecular weight is 364 g/mol. The van der Waals surface area contributed by atoms with E-state index in [4.69, 9.17) is 0 Å². The molecule has 0 amide bonds. The van der Waals surface area contributed by atoms with Gasteiger partial charge in [-0.05, 0) is 59.6 Å². The van der Waals surface area contributed by atoms with Crippen LogP contribution in [0.2, 0.25) is 0 Å². The molecule has 0 bridgehead atoms. The highest BCUT2D eigenvalue weighted by atomic mass is 79.9. The molecule has 0 aliphatic heterocycles. The molecular formula is C18H22BrNS. The Hall–Kier alpha value is -0.770. The van der Waals surface area contributed by atoms with Crippen molar-refractivity contribution in [2.75, 3.05) is 12.3 Å². The van der Waals surface area contributed by atoms with Gasteiger partial charge in [0.25, 0.3) is 0 Å². The second-order valence-electron chi connectivity index (χ2n) is 5.21. The van der Waals surface area contributed by atoms with E-state index in [1.165, 1.54) is 26.1 Å². The lowest BCUT2D eigenvalue weighted by atomic mass is 10.0. The number of halogens is 1. The monoisotopic (exact) mass is 363 g/mol. The maximum absolute atomic E-state index is 3.62. The molecule has 0 aromatic heterocycles. The van der Waals surface area contributed by atoms with E-state index in [-0.39, 0.29) is 0 Å². The van der Waals surface area contributed by atoms with E-state index in [0.717, 1.165) is 12.3 Å². The van der Waals surface area contributed by atoms with Crippen molar-refractivity contribution in [3.05, 3.63) is 63.6 Å². The maximum atomic E-state index is 3.62. The highest BCUT2D eigenvalue weighted by molar-refractivity contribution is 9.10. The van der Waals surface area contributed by atoms with E-state index in [2.05, 4.69) is 84.5 Å². The fraction of sp³-hybridized carbons (Fsp3) is 0.333. The van der Waals surface area contributed by atoms with Crippen LogP contribution < -0.4 is 5.32 Å². The number of rotatable bonds is 6. The van der Waals surface area contributed by atoms with Crippen LogP contribution in [-0.4, -0.2) is 12.3 Å². The van der Waals surface area contributed by atoms with Gasteiger partial charge >= 0.3 is 0 Å². The van der Waals surface area contributed by atoms with Crippen LogP contribution in [0.5, 0.6) is 0 Å². The molecule has 0 aliphatic rings. The number of benzene rings is 2. The van der Waals surface area contributed by atoms with Crippen LogP contribution >= 0.6 is 27.7 Å². The Kier molecular flexibility index (Phi) is 6.34. The number of nitrogens with one attached hydrogen (secondary N) is 1. The molecule has 1 unspecified atom stereocenters. The highest BCUT2D eigenvalue weighted by Crippen LogP contribution is 2.31. The molecule has 1 nitrogen and oxygen atoms in total. The molecule has 0 fully saturated rings. The lowest BCUT2D eigenvalue weighted by molar-refractivity contribution is 0.603. The first-order valence-electron chi connectivity index (χ1n) is 7.29. The molecule has 1 N–H and O–H groups in total. The summed E-state index contributed by atoms with van der Waals surface area (Å²) in [5.74, 6) is 1.03. The lowest BCUT2D eigenvalue weighted by Crippen LogP contribution is -2.23. The fourth-order valence-corrected chi connectivity index (χ4v) is 4.11. The van der Waals surface area contributed by atoms with Gasteiger partial charge in [0.1, 0.15) is 0 Å². The fourth-order valence-electron chi connectivity index (χ4n) is 2.46. The summed E-state index contributed by atoms with van der Waals surface area (Å²) in [6, 6.07) is 15.5. The largest absolute Gasteiger partial charge is 0.309 e. The lowest BCUT2D eigenvalue weighted by Gasteiger charge is -2.20. The molecule has 0 saturated heterocycles. The van der Waals surface area contributed by atoms with E-state index in [1.807, 2.05) is 11.8 Å². The first kappa shape index (κ1) is 16.6. The molecule has 0 saturated carbocycles. The number of thioether (sulfide) groups is 1. The topological polar surface area (TPSA) is 12.0 Å². The van der Waals surface area contributed by atoms with Gasteiger partial charge in [-0.1, -0.05) is 42.8 Å². The van der Waals surface area contributed by atoms with Crippen LogP contribution in [0.15, 0.2) is 51.8 Å². The quantitative estimate of drug-likeness (QED) is 0.679. The Morgan fingerprint density at radius 3 is 2.57 bits per heavy atom. The van der Waals surface area contributed by atoms with Gasteiger partial charge in [0.15, 0.2) is 0 Å². The van der Waals surface area contributed by atoms with E-state index in [0.29, 0.717) is 6.04 Å². The third-order valence-electron chi connectivity index (χ3n) is 3.49. The maximum Gasteiger partial charge on any atom is 0.0417 e. The van der Waals surface area contributed by atoms with Gasteiger partial charge < -0.3 is 5.32 Å². The van der Waals surface area contributed by atoms with Gasteiger partial charge in [-0.25, -0.2) is 0 Å². The van der Waals surface area contributed by atoms with E-state index >= 15 is 0 Å². The Morgan fingerprint density at radius 1 is 1.14 bits per heavy atom. The smallest absolute Gasteiger partial charge is 0.0417 e. The van der Waals surface area contributed by atoms with Crippen LogP contribution in [-0.2, 0) is 0 Å². The predicted molar refractivity (Wildman–Crippen MR) is 97.2 cm³/mol. The van der Waals surface area contributed by atoms with Gasteiger partial charge in [0.2, 0.25) is 0 Å². The van der Waals surface area contributed by atoms with Crippen molar-refractivity contribution in [2.45, 2.75) is 31.7 Å². The predicted octanol–water partition coefficient (Wildman–Crippen LogP) is 5.51. The van der Waals surface area contributed by atoms with E-state index in [1.54, 1.807) is 0 Å². The SMILES string of the molecule is CCNC(CSc1ccccc1Br)c1ccc(C)cc1C. The molecule has 21 heavy (non-hydrogen) atoms. The molecule has 1 atom stereocenters. The van der Waals surface area contributed by atoms with Gasteiger partial charge in [-0.3, -0.25) is 0 Å². The molecule has 2 aromatic carbocycles. The normalized spacial score (nSPS) is 12.4. The molecule has 0 aliphatic carbocycles. The zero-order chi connectivity index (χ0) is 15.2. The second-order valence-corrected chi connectivity index (χ2v) is 7.13. The van der Waals surface area contributed by atoms with Crippen molar-refractivity contribution in [1.82, 2.24) is 5.32 Å². The summed E-state index contributed by atoms with van der Waals surface area (Å²) >= 11 is 5.52. The summed E-state index contributed by atoms with van der Waals surface area (Å²) < 4.78 is 1.17. The number of aryl methyl sites for hydroxylation is 2. The number of hydrogen-bond donors (Lipinski definition) is 1. The van der Waals surface area contributed by atoms with E-state index < -0.39 is 0 Å². The molecule has 0 heterocycles. The van der Waals surface area contributed by atoms with E-state index in [9.17, 15) is 0 Å². The third-order valence-corrected chi connectivity index (χ3v) is 5.61. The van der Waals surface area contributed by atoms with Crippen molar-refractivity contribution in [3.8, 4) is 0 Å². The minimum Gasteiger partial charge on any atom is -0.309 e. The first-order valence-corrected chi connectivity index (χ1v) is 9.07. The second kappa shape index (κ2) is 8.02. The van der Waals surface area contributed by atoms with Crippen LogP contribution in [0.4, 0.5) is 0 Å². The van der Waals surface area contributed by atoms with Gasteiger partial charge in [-0.2, -0.15) is 0 Å².